The van der Waals surface area contributed by atoms with E-state index in [0.29, 0.717) is 30.1 Å². The minimum absolute atomic E-state index is 0.155. The molecule has 1 aromatic rings. The van der Waals surface area contributed by atoms with Crippen LogP contribution in [0.25, 0.3) is 0 Å². The van der Waals surface area contributed by atoms with Gasteiger partial charge in [-0.1, -0.05) is 6.92 Å². The van der Waals surface area contributed by atoms with Crippen molar-refractivity contribution in [1.29, 1.82) is 0 Å². The summed E-state index contributed by atoms with van der Waals surface area (Å²) in [4.78, 5) is 24.7. The first kappa shape index (κ1) is 15.7. The molecule has 1 unspecified atom stereocenters. The topological polar surface area (TPSA) is 81.4 Å². The zero-order valence-electron chi connectivity index (χ0n) is 11.5. The summed E-state index contributed by atoms with van der Waals surface area (Å²) < 4.78 is 4.97. The lowest BCUT2D eigenvalue weighted by molar-refractivity contribution is -0.119. The fourth-order valence-electron chi connectivity index (χ4n) is 1.64. The first-order valence-electron chi connectivity index (χ1n) is 6.31. The van der Waals surface area contributed by atoms with Gasteiger partial charge in [0.2, 0.25) is 5.91 Å². The number of hydrogen-bond donors (Lipinski definition) is 2. The lowest BCUT2D eigenvalue weighted by atomic mass is 10.1. The second-order valence-electron chi connectivity index (χ2n) is 4.15. The van der Waals surface area contributed by atoms with Crippen molar-refractivity contribution in [2.75, 3.05) is 18.5 Å². The average Bonchev–Trinajstić information content (AvgIpc) is 2.72. The maximum absolute atomic E-state index is 12.0. The van der Waals surface area contributed by atoms with Crippen LogP contribution in [0.3, 0.4) is 0 Å². The second kappa shape index (κ2) is 7.25. The third kappa shape index (κ3) is 4.04. The van der Waals surface area contributed by atoms with Gasteiger partial charge in [-0.15, -0.1) is 11.3 Å². The molecule has 1 amide bonds. The molecule has 1 heterocycles. The van der Waals surface area contributed by atoms with E-state index in [1.807, 2.05) is 13.8 Å². The molecule has 5 nitrogen and oxygen atoms in total. The highest BCUT2D eigenvalue weighted by Gasteiger charge is 2.21. The number of anilines is 1. The van der Waals surface area contributed by atoms with E-state index in [2.05, 4.69) is 5.32 Å². The Kier molecular flexibility index (Phi) is 5.98. The van der Waals surface area contributed by atoms with Crippen LogP contribution in [0.4, 0.5) is 5.00 Å². The van der Waals surface area contributed by atoms with Gasteiger partial charge >= 0.3 is 5.97 Å². The van der Waals surface area contributed by atoms with Crippen LogP contribution in [-0.4, -0.2) is 25.0 Å². The van der Waals surface area contributed by atoms with Crippen LogP contribution in [0.1, 0.15) is 35.5 Å². The van der Waals surface area contributed by atoms with Crippen molar-refractivity contribution < 1.29 is 14.3 Å². The fraction of sp³-hybridized carbons (Fsp3) is 0.538. The average molecular weight is 284 g/mol. The Morgan fingerprint density at radius 3 is 2.68 bits per heavy atom. The Morgan fingerprint density at radius 1 is 1.47 bits per heavy atom. The van der Waals surface area contributed by atoms with Crippen LogP contribution in [0, 0.1) is 12.8 Å². The molecule has 1 aromatic heterocycles. The number of nitrogens with one attached hydrogen (secondary N) is 1. The van der Waals surface area contributed by atoms with Gasteiger partial charge in [-0.25, -0.2) is 4.79 Å². The molecule has 6 heteroatoms. The van der Waals surface area contributed by atoms with Crippen LogP contribution in [0.2, 0.25) is 0 Å². The molecule has 0 aromatic carbocycles. The number of hydrogen-bond acceptors (Lipinski definition) is 5. The monoisotopic (exact) mass is 284 g/mol. The number of aryl methyl sites for hydroxylation is 1. The van der Waals surface area contributed by atoms with Gasteiger partial charge in [-0.3, -0.25) is 4.79 Å². The summed E-state index contributed by atoms with van der Waals surface area (Å²) in [5.41, 5.74) is 5.95. The first-order chi connectivity index (χ1) is 9.03. The Bertz CT molecular complexity index is 453. The molecule has 19 heavy (non-hydrogen) atoms. The molecule has 1 atom stereocenters. The quantitative estimate of drug-likeness (QED) is 0.784. The highest BCUT2D eigenvalue weighted by molar-refractivity contribution is 7.16. The molecule has 0 saturated carbocycles. The van der Waals surface area contributed by atoms with Gasteiger partial charge in [0.15, 0.2) is 0 Å². The molecule has 0 radical (unpaired) electrons. The van der Waals surface area contributed by atoms with E-state index >= 15 is 0 Å². The molecule has 3 N–H and O–H groups in total. The number of rotatable bonds is 6. The number of carbonyl (C=O) groups excluding carboxylic acids is 2. The van der Waals surface area contributed by atoms with E-state index < -0.39 is 5.97 Å². The zero-order valence-corrected chi connectivity index (χ0v) is 12.3. The molecular weight excluding hydrogens is 264 g/mol. The van der Waals surface area contributed by atoms with Crippen LogP contribution in [0.15, 0.2) is 6.07 Å². The van der Waals surface area contributed by atoms with Crippen molar-refractivity contribution in [1.82, 2.24) is 0 Å². The maximum atomic E-state index is 12.0. The van der Waals surface area contributed by atoms with E-state index in [0.717, 1.165) is 4.88 Å². The number of esters is 1. The summed E-state index contributed by atoms with van der Waals surface area (Å²) in [7, 11) is 0. The summed E-state index contributed by atoms with van der Waals surface area (Å²) in [5, 5.41) is 3.31. The predicted molar refractivity (Wildman–Crippen MR) is 76.5 cm³/mol. The molecule has 0 aliphatic heterocycles. The van der Waals surface area contributed by atoms with E-state index in [-0.39, 0.29) is 11.8 Å². The number of amides is 1. The van der Waals surface area contributed by atoms with Gasteiger partial charge < -0.3 is 15.8 Å². The molecule has 0 saturated heterocycles. The van der Waals surface area contributed by atoms with E-state index in [1.165, 1.54) is 11.3 Å². The minimum Gasteiger partial charge on any atom is -0.462 e. The van der Waals surface area contributed by atoms with Crippen molar-refractivity contribution in [2.24, 2.45) is 11.7 Å². The van der Waals surface area contributed by atoms with E-state index in [9.17, 15) is 9.59 Å². The third-order valence-electron chi connectivity index (χ3n) is 2.74. The lowest BCUT2D eigenvalue weighted by Crippen LogP contribution is -2.28. The van der Waals surface area contributed by atoms with Crippen molar-refractivity contribution in [3.63, 3.8) is 0 Å². The molecule has 0 aliphatic rings. The smallest absolute Gasteiger partial charge is 0.341 e. The Balaban J connectivity index is 2.89. The summed E-state index contributed by atoms with van der Waals surface area (Å²) >= 11 is 1.36. The number of ether oxygens (including phenoxy) is 1. The van der Waals surface area contributed by atoms with Crippen molar-refractivity contribution in [3.8, 4) is 0 Å². The second-order valence-corrected chi connectivity index (χ2v) is 5.41. The van der Waals surface area contributed by atoms with Crippen molar-refractivity contribution >= 4 is 28.2 Å². The highest BCUT2D eigenvalue weighted by Crippen LogP contribution is 2.28. The molecule has 0 fully saturated rings. The van der Waals surface area contributed by atoms with Gasteiger partial charge in [0.1, 0.15) is 5.00 Å². The normalized spacial score (nSPS) is 12.0. The van der Waals surface area contributed by atoms with Crippen molar-refractivity contribution in [3.05, 3.63) is 16.5 Å². The van der Waals surface area contributed by atoms with Crippen LogP contribution >= 0.6 is 11.3 Å². The van der Waals surface area contributed by atoms with E-state index in [1.54, 1.807) is 13.0 Å². The largest absolute Gasteiger partial charge is 0.462 e. The Morgan fingerprint density at radius 2 is 2.16 bits per heavy atom. The Hall–Kier alpha value is -1.40. The molecular formula is C13H20N2O3S. The van der Waals surface area contributed by atoms with Gasteiger partial charge in [0.05, 0.1) is 18.1 Å². The standard InChI is InChI=1S/C13H20N2O3S/c1-4-9(7-14)11(16)15-12-10(6-8(3)19-12)13(17)18-5-2/h6,9H,4-5,7,14H2,1-3H3,(H,15,16). The SMILES string of the molecule is CCOC(=O)c1cc(C)sc1NC(=O)C(CC)CN. The van der Waals surface area contributed by atoms with Crippen LogP contribution in [0.5, 0.6) is 0 Å². The minimum atomic E-state index is -0.414. The Labute approximate surface area is 117 Å². The number of carbonyl (C=O) groups is 2. The summed E-state index contributed by atoms with van der Waals surface area (Å²) in [5.74, 6) is -0.808. The molecule has 106 valence electrons. The molecule has 1 rings (SSSR count). The van der Waals surface area contributed by atoms with Crippen molar-refractivity contribution in [2.45, 2.75) is 27.2 Å². The predicted octanol–water partition coefficient (Wildman–Crippen LogP) is 2.16. The molecule has 0 aliphatic carbocycles. The van der Waals surface area contributed by atoms with Crippen LogP contribution in [-0.2, 0) is 9.53 Å². The van der Waals surface area contributed by atoms with Gasteiger partial charge in [-0.2, -0.15) is 0 Å². The molecule has 0 spiro atoms. The maximum Gasteiger partial charge on any atom is 0.341 e. The number of nitrogens with two attached hydrogens (primary N) is 1. The van der Waals surface area contributed by atoms with Gasteiger partial charge in [-0.05, 0) is 26.3 Å². The number of thiophene rings is 1. The summed E-state index contributed by atoms with van der Waals surface area (Å²) in [6, 6.07) is 1.72. The fourth-order valence-corrected chi connectivity index (χ4v) is 2.54. The highest BCUT2D eigenvalue weighted by atomic mass is 32.1. The summed E-state index contributed by atoms with van der Waals surface area (Å²) in [6.45, 7) is 6.13. The van der Waals surface area contributed by atoms with Gasteiger partial charge in [0, 0.05) is 11.4 Å². The lowest BCUT2D eigenvalue weighted by Gasteiger charge is -2.12. The third-order valence-corrected chi connectivity index (χ3v) is 3.70. The van der Waals surface area contributed by atoms with E-state index in [4.69, 9.17) is 10.5 Å². The zero-order chi connectivity index (χ0) is 14.4. The first-order valence-corrected chi connectivity index (χ1v) is 7.13. The van der Waals surface area contributed by atoms with Crippen LogP contribution < -0.4 is 11.1 Å². The summed E-state index contributed by atoms with van der Waals surface area (Å²) in [6.07, 6.45) is 0.668. The molecule has 0 bridgehead atoms. The van der Waals surface area contributed by atoms with Gasteiger partial charge in [0.25, 0.3) is 0 Å².